The van der Waals surface area contributed by atoms with Gasteiger partial charge in [-0.05, 0) is 36.3 Å². The van der Waals surface area contributed by atoms with Crippen molar-refractivity contribution >= 4 is 28.9 Å². The Kier molecular flexibility index (Phi) is 6.38. The van der Waals surface area contributed by atoms with Gasteiger partial charge in [0.15, 0.2) is 5.11 Å². The van der Waals surface area contributed by atoms with Gasteiger partial charge in [0.05, 0.1) is 6.54 Å². The number of thiocarbonyl (C=S) groups is 1. The van der Waals surface area contributed by atoms with Gasteiger partial charge in [0, 0.05) is 12.2 Å². The van der Waals surface area contributed by atoms with E-state index in [0.717, 1.165) is 16.8 Å². The van der Waals surface area contributed by atoms with Gasteiger partial charge < -0.3 is 10.6 Å². The second kappa shape index (κ2) is 8.75. The molecular weight excluding hydrogens is 308 g/mol. The molecule has 0 saturated carbocycles. The molecule has 0 aliphatic carbocycles. The van der Waals surface area contributed by atoms with Crippen LogP contribution in [0.3, 0.4) is 0 Å². The van der Waals surface area contributed by atoms with E-state index < -0.39 is 0 Å². The molecule has 0 unspecified atom stereocenters. The zero-order chi connectivity index (χ0) is 16.5. The molecule has 120 valence electrons. The summed E-state index contributed by atoms with van der Waals surface area (Å²) in [5.74, 6) is -0.197. The molecule has 0 atom stereocenters. The summed E-state index contributed by atoms with van der Waals surface area (Å²) in [6, 6.07) is 17.7. The molecule has 0 aliphatic rings. The fraction of sp³-hybridized carbons (Fsp3) is 0.176. The first-order valence-electron chi connectivity index (χ1n) is 7.31. The van der Waals surface area contributed by atoms with E-state index in [2.05, 4.69) is 21.5 Å². The Bertz CT molecular complexity index is 661. The normalized spacial score (nSPS) is 9.78. The Hall–Kier alpha value is -2.60. The van der Waals surface area contributed by atoms with Gasteiger partial charge in [-0.15, -0.1) is 0 Å². The van der Waals surface area contributed by atoms with Gasteiger partial charge in [-0.3, -0.25) is 15.6 Å². The highest BCUT2D eigenvalue weighted by Crippen LogP contribution is 2.12. The number of hydrazine groups is 1. The summed E-state index contributed by atoms with van der Waals surface area (Å²) in [4.78, 5) is 11.8. The van der Waals surface area contributed by atoms with E-state index in [4.69, 9.17) is 12.2 Å². The maximum Gasteiger partial charge on any atom is 0.257 e. The minimum absolute atomic E-state index is 0.166. The molecular formula is C17H20N4OS. The molecule has 23 heavy (non-hydrogen) atoms. The molecule has 1 amide bonds. The standard InChI is InChI=1S/C17H20N4OS/c1-13-7-5-6-10-15(13)18-12-16(22)20-21-17(23)19-11-14-8-3-2-4-9-14/h2-10,18H,11-12H2,1H3,(H,20,22)(H2,19,21,23). The summed E-state index contributed by atoms with van der Waals surface area (Å²) in [7, 11) is 0. The lowest BCUT2D eigenvalue weighted by molar-refractivity contribution is -0.119. The highest BCUT2D eigenvalue weighted by Gasteiger charge is 2.03. The van der Waals surface area contributed by atoms with Gasteiger partial charge in [-0.2, -0.15) is 0 Å². The Morgan fingerprint density at radius 3 is 2.43 bits per heavy atom. The van der Waals surface area contributed by atoms with Gasteiger partial charge in [0.25, 0.3) is 5.91 Å². The molecule has 0 spiro atoms. The first kappa shape index (κ1) is 16.8. The van der Waals surface area contributed by atoms with Gasteiger partial charge >= 0.3 is 0 Å². The first-order valence-corrected chi connectivity index (χ1v) is 7.72. The number of hydrogen-bond acceptors (Lipinski definition) is 3. The number of carbonyl (C=O) groups is 1. The molecule has 0 heterocycles. The van der Waals surface area contributed by atoms with Crippen LogP contribution >= 0.6 is 12.2 Å². The van der Waals surface area contributed by atoms with Crippen LogP contribution in [-0.2, 0) is 11.3 Å². The number of carbonyl (C=O) groups excluding carboxylic acids is 1. The largest absolute Gasteiger partial charge is 0.376 e. The molecule has 5 nitrogen and oxygen atoms in total. The average molecular weight is 328 g/mol. The van der Waals surface area contributed by atoms with Crippen molar-refractivity contribution in [1.29, 1.82) is 0 Å². The van der Waals surface area contributed by atoms with E-state index in [9.17, 15) is 4.79 Å². The van der Waals surface area contributed by atoms with Crippen molar-refractivity contribution < 1.29 is 4.79 Å². The molecule has 0 saturated heterocycles. The van der Waals surface area contributed by atoms with Gasteiger partial charge in [0.2, 0.25) is 0 Å². The summed E-state index contributed by atoms with van der Waals surface area (Å²) in [5.41, 5.74) is 8.38. The third-order valence-corrected chi connectivity index (χ3v) is 3.44. The van der Waals surface area contributed by atoms with Gasteiger partial charge in [-0.25, -0.2) is 0 Å². The smallest absolute Gasteiger partial charge is 0.257 e. The fourth-order valence-electron chi connectivity index (χ4n) is 1.94. The van der Waals surface area contributed by atoms with Gasteiger partial charge in [-0.1, -0.05) is 48.5 Å². The van der Waals surface area contributed by atoms with Crippen LogP contribution in [0.25, 0.3) is 0 Å². The molecule has 6 heteroatoms. The van der Waals surface area contributed by atoms with Crippen molar-refractivity contribution in [1.82, 2.24) is 16.2 Å². The van der Waals surface area contributed by atoms with E-state index in [0.29, 0.717) is 11.7 Å². The second-order valence-corrected chi connectivity index (χ2v) is 5.42. The second-order valence-electron chi connectivity index (χ2n) is 5.01. The number of hydrogen-bond donors (Lipinski definition) is 4. The van der Waals surface area contributed by atoms with Crippen LogP contribution in [0.1, 0.15) is 11.1 Å². The predicted octanol–water partition coefficient (Wildman–Crippen LogP) is 2.10. The lowest BCUT2D eigenvalue weighted by atomic mass is 10.2. The first-order chi connectivity index (χ1) is 11.1. The third-order valence-electron chi connectivity index (χ3n) is 3.20. The van der Waals surface area contributed by atoms with Crippen molar-refractivity contribution in [2.45, 2.75) is 13.5 Å². The SMILES string of the molecule is Cc1ccccc1NCC(=O)NNC(=S)NCc1ccccc1. The summed E-state index contributed by atoms with van der Waals surface area (Å²) < 4.78 is 0. The van der Waals surface area contributed by atoms with Crippen LogP contribution in [0.5, 0.6) is 0 Å². The zero-order valence-corrected chi connectivity index (χ0v) is 13.7. The predicted molar refractivity (Wildman–Crippen MR) is 96.8 cm³/mol. The van der Waals surface area contributed by atoms with E-state index in [1.54, 1.807) is 0 Å². The van der Waals surface area contributed by atoms with Crippen LogP contribution < -0.4 is 21.5 Å². The van der Waals surface area contributed by atoms with E-state index in [-0.39, 0.29) is 12.5 Å². The summed E-state index contributed by atoms with van der Waals surface area (Å²) in [5, 5.41) is 6.47. The molecule has 0 bridgehead atoms. The summed E-state index contributed by atoms with van der Waals surface area (Å²) in [6.45, 7) is 2.75. The van der Waals surface area contributed by atoms with Crippen molar-refractivity contribution in [3.8, 4) is 0 Å². The highest BCUT2D eigenvalue weighted by atomic mass is 32.1. The van der Waals surface area contributed by atoms with Crippen LogP contribution in [0.2, 0.25) is 0 Å². The number of para-hydroxylation sites is 1. The molecule has 4 N–H and O–H groups in total. The van der Waals surface area contributed by atoms with Crippen molar-refractivity contribution in [2.75, 3.05) is 11.9 Å². The maximum absolute atomic E-state index is 11.8. The monoisotopic (exact) mass is 328 g/mol. The van der Waals surface area contributed by atoms with Crippen molar-refractivity contribution in [2.24, 2.45) is 0 Å². The number of anilines is 1. The lowest BCUT2D eigenvalue weighted by Gasteiger charge is -2.13. The van der Waals surface area contributed by atoms with Crippen LogP contribution in [0.15, 0.2) is 54.6 Å². The zero-order valence-electron chi connectivity index (χ0n) is 12.9. The minimum Gasteiger partial charge on any atom is -0.376 e. The molecule has 0 fully saturated rings. The van der Waals surface area contributed by atoms with E-state index in [1.807, 2.05) is 61.5 Å². The number of amides is 1. The molecule has 0 aliphatic heterocycles. The molecule has 2 aromatic carbocycles. The quantitative estimate of drug-likeness (QED) is 0.500. The molecule has 2 rings (SSSR count). The molecule has 2 aromatic rings. The van der Waals surface area contributed by atoms with E-state index in [1.165, 1.54) is 0 Å². The number of rotatable bonds is 5. The van der Waals surface area contributed by atoms with Crippen LogP contribution in [-0.4, -0.2) is 17.6 Å². The third kappa shape index (κ3) is 5.96. The minimum atomic E-state index is -0.197. The van der Waals surface area contributed by atoms with Crippen molar-refractivity contribution in [3.63, 3.8) is 0 Å². The molecule has 0 radical (unpaired) electrons. The topological polar surface area (TPSA) is 65.2 Å². The Labute approximate surface area is 141 Å². The average Bonchev–Trinajstić information content (AvgIpc) is 2.58. The Balaban J connectivity index is 1.66. The summed E-state index contributed by atoms with van der Waals surface area (Å²) in [6.07, 6.45) is 0. The maximum atomic E-state index is 11.8. The molecule has 0 aromatic heterocycles. The Morgan fingerprint density at radius 1 is 1.00 bits per heavy atom. The van der Waals surface area contributed by atoms with Gasteiger partial charge in [0.1, 0.15) is 0 Å². The highest BCUT2D eigenvalue weighted by molar-refractivity contribution is 7.80. The lowest BCUT2D eigenvalue weighted by Crippen LogP contribution is -2.48. The fourth-order valence-corrected chi connectivity index (χ4v) is 2.06. The van der Waals surface area contributed by atoms with Crippen molar-refractivity contribution in [3.05, 3.63) is 65.7 Å². The van der Waals surface area contributed by atoms with Crippen LogP contribution in [0.4, 0.5) is 5.69 Å². The number of nitrogens with one attached hydrogen (secondary N) is 4. The van der Waals surface area contributed by atoms with E-state index >= 15 is 0 Å². The summed E-state index contributed by atoms with van der Waals surface area (Å²) >= 11 is 5.11. The van der Waals surface area contributed by atoms with Crippen LogP contribution in [0, 0.1) is 6.92 Å². The Morgan fingerprint density at radius 2 is 1.70 bits per heavy atom. The number of aryl methyl sites for hydroxylation is 1. The number of benzene rings is 2.